The zero-order chi connectivity index (χ0) is 12.7. The lowest BCUT2D eigenvalue weighted by Gasteiger charge is -2.21. The van der Waals surface area contributed by atoms with E-state index < -0.39 is 7.22 Å². The summed E-state index contributed by atoms with van der Waals surface area (Å²) in [5.74, 6) is 0. The van der Waals surface area contributed by atoms with E-state index in [4.69, 9.17) is 4.99 Å². The molecule has 0 amide bonds. The van der Waals surface area contributed by atoms with E-state index in [1.54, 1.807) is 0 Å². The van der Waals surface area contributed by atoms with Crippen LogP contribution in [0.5, 0.6) is 0 Å². The summed E-state index contributed by atoms with van der Waals surface area (Å²) >= 11 is 2.19. The van der Waals surface area contributed by atoms with Crippen molar-refractivity contribution in [1.29, 1.82) is 0 Å². The first-order valence-corrected chi connectivity index (χ1v) is 12.3. The fourth-order valence-electron chi connectivity index (χ4n) is 2.30. The van der Waals surface area contributed by atoms with Crippen LogP contribution in [0.2, 0.25) is 19.6 Å². The van der Waals surface area contributed by atoms with Gasteiger partial charge >= 0.3 is 0 Å². The van der Waals surface area contributed by atoms with Gasteiger partial charge in [0.2, 0.25) is 0 Å². The first kappa shape index (κ1) is 15.3. The van der Waals surface area contributed by atoms with Crippen LogP contribution in [0.4, 0.5) is 0 Å². The maximum atomic E-state index is 4.87. The molecule has 0 N–H and O–H groups in total. The van der Waals surface area contributed by atoms with Crippen molar-refractivity contribution in [1.82, 2.24) is 0 Å². The summed E-state index contributed by atoms with van der Waals surface area (Å²) in [6.45, 7) is 9.58. The van der Waals surface area contributed by atoms with E-state index in [1.165, 1.54) is 44.9 Å². The largest absolute Gasteiger partial charge is 0.293 e. The highest BCUT2D eigenvalue weighted by Crippen LogP contribution is 2.26. The van der Waals surface area contributed by atoms with Crippen molar-refractivity contribution in [2.45, 2.75) is 82.8 Å². The lowest BCUT2D eigenvalue weighted by molar-refractivity contribution is 0.586. The van der Waals surface area contributed by atoms with Crippen LogP contribution in [0.15, 0.2) is 4.99 Å². The van der Waals surface area contributed by atoms with E-state index >= 15 is 0 Å². The summed E-state index contributed by atoms with van der Waals surface area (Å²) in [7, 11) is -1.01. The van der Waals surface area contributed by atoms with Crippen molar-refractivity contribution in [3.05, 3.63) is 0 Å². The summed E-state index contributed by atoms with van der Waals surface area (Å²) in [4.78, 5) is 4.87. The average Bonchev–Trinajstić information content (AvgIpc) is 2.51. The van der Waals surface area contributed by atoms with Crippen LogP contribution >= 0.6 is 11.2 Å². The molecule has 0 radical (unpaired) electrons. The zero-order valence-corrected chi connectivity index (χ0v) is 13.9. The van der Waals surface area contributed by atoms with Crippen molar-refractivity contribution in [2.24, 2.45) is 4.99 Å². The summed E-state index contributed by atoms with van der Waals surface area (Å²) in [5.41, 5.74) is 0. The Labute approximate surface area is 113 Å². The monoisotopic (exact) mass is 271 g/mol. The lowest BCUT2D eigenvalue weighted by atomic mass is 10.1. The van der Waals surface area contributed by atoms with Crippen LogP contribution in [0, 0.1) is 0 Å². The van der Waals surface area contributed by atoms with Crippen molar-refractivity contribution in [3.63, 3.8) is 0 Å². The van der Waals surface area contributed by atoms with Crippen LogP contribution in [-0.4, -0.2) is 24.7 Å². The van der Waals surface area contributed by atoms with Gasteiger partial charge < -0.3 is 0 Å². The Morgan fingerprint density at radius 1 is 1.18 bits per heavy atom. The highest BCUT2D eigenvalue weighted by molar-refractivity contribution is 8.29. The Balaban J connectivity index is 2.42. The number of rotatable bonds is 5. The van der Waals surface area contributed by atoms with Gasteiger partial charge in [0.05, 0.1) is 0 Å². The van der Waals surface area contributed by atoms with Crippen molar-refractivity contribution in [3.8, 4) is 0 Å². The maximum Gasteiger partial charge on any atom is 0.109 e. The normalized spacial score (nSPS) is 21.6. The van der Waals surface area contributed by atoms with E-state index in [-0.39, 0.29) is 0 Å². The standard InChI is InChI=1S/C14H29NSSi/c1-5-14(16-17(2,3)4)12-15-13-10-8-6-7-9-11-13/h12-14H,5-11H2,1-4H3. The molecule has 1 saturated carbocycles. The predicted molar refractivity (Wildman–Crippen MR) is 85.0 cm³/mol. The maximum absolute atomic E-state index is 4.87. The fourth-order valence-corrected chi connectivity index (χ4v) is 6.91. The second kappa shape index (κ2) is 7.62. The number of nitrogens with zero attached hydrogens (tertiary/aromatic N) is 1. The van der Waals surface area contributed by atoms with Crippen LogP contribution in [0.25, 0.3) is 0 Å². The van der Waals surface area contributed by atoms with Gasteiger partial charge in [-0.25, -0.2) is 0 Å². The minimum atomic E-state index is -1.01. The molecular formula is C14H29NSSi. The Morgan fingerprint density at radius 3 is 2.24 bits per heavy atom. The molecule has 1 unspecified atom stereocenters. The predicted octanol–water partition coefficient (Wildman–Crippen LogP) is 5.13. The smallest absolute Gasteiger partial charge is 0.109 e. The molecule has 1 atom stereocenters. The van der Waals surface area contributed by atoms with Crippen LogP contribution < -0.4 is 0 Å². The van der Waals surface area contributed by atoms with Crippen LogP contribution in [0.3, 0.4) is 0 Å². The third kappa shape index (κ3) is 7.30. The SMILES string of the molecule is CCC(C=NC1CCCCCC1)S[Si](C)(C)C. The van der Waals surface area contributed by atoms with Crippen LogP contribution in [0.1, 0.15) is 51.9 Å². The van der Waals surface area contributed by atoms with Crippen LogP contribution in [-0.2, 0) is 0 Å². The Kier molecular flexibility index (Phi) is 6.86. The van der Waals surface area contributed by atoms with E-state index in [0.29, 0.717) is 11.3 Å². The van der Waals surface area contributed by atoms with Gasteiger partial charge in [-0.3, -0.25) is 4.99 Å². The van der Waals surface area contributed by atoms with Gasteiger partial charge in [0.15, 0.2) is 0 Å². The van der Waals surface area contributed by atoms with E-state index in [1.807, 2.05) is 0 Å². The van der Waals surface area contributed by atoms with Gasteiger partial charge in [0, 0.05) is 17.5 Å². The average molecular weight is 272 g/mol. The highest BCUT2D eigenvalue weighted by Gasteiger charge is 2.19. The Morgan fingerprint density at radius 2 is 1.76 bits per heavy atom. The molecule has 0 saturated heterocycles. The first-order chi connectivity index (χ1) is 8.01. The van der Waals surface area contributed by atoms with Gasteiger partial charge in [-0.2, -0.15) is 11.2 Å². The van der Waals surface area contributed by atoms with Crippen molar-refractivity contribution in [2.75, 3.05) is 0 Å². The molecule has 100 valence electrons. The molecule has 1 aliphatic rings. The van der Waals surface area contributed by atoms with E-state index in [9.17, 15) is 0 Å². The molecule has 0 aliphatic heterocycles. The summed E-state index contributed by atoms with van der Waals surface area (Å²) in [5, 5.41) is 0.657. The summed E-state index contributed by atoms with van der Waals surface area (Å²) in [6, 6.07) is 0.633. The van der Waals surface area contributed by atoms with Gasteiger partial charge in [-0.05, 0) is 19.3 Å². The van der Waals surface area contributed by atoms with Gasteiger partial charge in [0.1, 0.15) is 7.22 Å². The second-order valence-corrected chi connectivity index (χ2v) is 15.6. The highest BCUT2D eigenvalue weighted by atomic mass is 32.4. The molecular weight excluding hydrogens is 242 g/mol. The molecule has 3 heteroatoms. The fraction of sp³-hybridized carbons (Fsp3) is 0.929. The molecule has 1 nitrogen and oxygen atoms in total. The summed E-state index contributed by atoms with van der Waals surface area (Å²) < 4.78 is 0. The third-order valence-electron chi connectivity index (χ3n) is 3.20. The third-order valence-corrected chi connectivity index (χ3v) is 7.69. The van der Waals surface area contributed by atoms with E-state index in [0.717, 1.165) is 0 Å². The minimum Gasteiger partial charge on any atom is -0.293 e. The number of hydrogen-bond acceptors (Lipinski definition) is 2. The minimum absolute atomic E-state index is 0.633. The molecule has 1 aliphatic carbocycles. The zero-order valence-electron chi connectivity index (χ0n) is 12.0. The molecule has 0 spiro atoms. The topological polar surface area (TPSA) is 12.4 Å². The molecule has 0 aromatic heterocycles. The summed E-state index contributed by atoms with van der Waals surface area (Å²) in [6.07, 6.45) is 11.8. The van der Waals surface area contributed by atoms with Crippen molar-refractivity contribution >= 4 is 24.6 Å². The Bertz CT molecular complexity index is 227. The molecule has 17 heavy (non-hydrogen) atoms. The second-order valence-electron chi connectivity index (χ2n) is 6.12. The van der Waals surface area contributed by atoms with Gasteiger partial charge in [-0.15, -0.1) is 0 Å². The quantitative estimate of drug-likeness (QED) is 0.384. The van der Waals surface area contributed by atoms with Crippen molar-refractivity contribution < 1.29 is 0 Å². The Hall–Kier alpha value is 0.237. The molecule has 0 aromatic rings. The molecule has 0 aromatic carbocycles. The number of aliphatic imine (C=N–C) groups is 1. The van der Waals surface area contributed by atoms with E-state index in [2.05, 4.69) is 44.0 Å². The molecule has 0 bridgehead atoms. The molecule has 0 heterocycles. The lowest BCUT2D eigenvalue weighted by Crippen LogP contribution is -2.21. The number of hydrogen-bond donors (Lipinski definition) is 0. The molecule has 1 fully saturated rings. The molecule has 1 rings (SSSR count). The van der Waals surface area contributed by atoms with Gasteiger partial charge in [0.25, 0.3) is 0 Å². The van der Waals surface area contributed by atoms with Gasteiger partial charge in [-0.1, -0.05) is 52.2 Å². The first-order valence-electron chi connectivity index (χ1n) is 7.22.